The fraction of sp³-hybridized carbons (Fsp3) is 0.964. The number of nitrogens with one attached hydrogen (secondary N) is 1. The van der Waals surface area contributed by atoms with Crippen LogP contribution in [0.1, 0.15) is 323 Å². The van der Waals surface area contributed by atoms with Crippen LogP contribution < -0.4 is 5.32 Å². The van der Waals surface area contributed by atoms with E-state index in [1.54, 1.807) is 0 Å². The molecule has 0 spiro atoms. The summed E-state index contributed by atoms with van der Waals surface area (Å²) in [5.74, 6) is -0.446. The lowest BCUT2D eigenvalue weighted by molar-refractivity contribution is -0.151. The van der Waals surface area contributed by atoms with Crippen molar-refractivity contribution in [2.45, 2.75) is 341 Å². The molecule has 6 heteroatoms. The van der Waals surface area contributed by atoms with Gasteiger partial charge >= 0.3 is 5.97 Å². The number of carbonyl (C=O) groups is 2. The van der Waals surface area contributed by atoms with Crippen LogP contribution in [0.15, 0.2) is 0 Å². The van der Waals surface area contributed by atoms with Crippen molar-refractivity contribution in [1.82, 2.24) is 5.32 Å². The molecule has 3 atom stereocenters. The van der Waals surface area contributed by atoms with Crippen molar-refractivity contribution >= 4 is 11.9 Å². The number of unbranched alkanes of at least 4 members (excludes halogenated alkanes) is 40. The average molecular weight is 879 g/mol. The molecule has 0 aromatic carbocycles. The van der Waals surface area contributed by atoms with Crippen LogP contribution in [0.25, 0.3) is 0 Å². The zero-order valence-electron chi connectivity index (χ0n) is 42.3. The first kappa shape index (κ1) is 60.9. The third-order valence-corrected chi connectivity index (χ3v) is 13.4. The van der Waals surface area contributed by atoms with E-state index in [4.69, 9.17) is 4.74 Å². The molecule has 0 aliphatic rings. The predicted octanol–water partition coefficient (Wildman–Crippen LogP) is 17.1. The van der Waals surface area contributed by atoms with Gasteiger partial charge in [-0.3, -0.25) is 9.59 Å². The molecular formula is C56H111NO5. The Bertz CT molecular complexity index is 898. The third-order valence-electron chi connectivity index (χ3n) is 13.4. The van der Waals surface area contributed by atoms with Crippen LogP contribution in [0.3, 0.4) is 0 Å². The minimum atomic E-state index is -0.780. The van der Waals surface area contributed by atoms with Crippen molar-refractivity contribution in [2.75, 3.05) is 6.61 Å². The van der Waals surface area contributed by atoms with Gasteiger partial charge in [0, 0.05) is 6.42 Å². The van der Waals surface area contributed by atoms with E-state index in [0.717, 1.165) is 38.5 Å². The molecule has 0 bridgehead atoms. The molecule has 0 heterocycles. The molecule has 3 N–H and O–H groups in total. The number of hydrogen-bond donors (Lipinski definition) is 3. The van der Waals surface area contributed by atoms with Gasteiger partial charge in [-0.25, -0.2) is 0 Å². The van der Waals surface area contributed by atoms with Gasteiger partial charge in [-0.1, -0.05) is 284 Å². The Labute approximate surface area is 387 Å². The van der Waals surface area contributed by atoms with E-state index in [1.807, 2.05) is 0 Å². The number of hydrogen-bond acceptors (Lipinski definition) is 5. The summed E-state index contributed by atoms with van der Waals surface area (Å²) in [7, 11) is 0. The zero-order chi connectivity index (χ0) is 45.2. The van der Waals surface area contributed by atoms with Crippen molar-refractivity contribution in [3.63, 3.8) is 0 Å². The summed E-state index contributed by atoms with van der Waals surface area (Å²) in [4.78, 5) is 26.2. The highest BCUT2D eigenvalue weighted by Crippen LogP contribution is 2.19. The SMILES string of the molecule is CCCCCCCCCCCCCCCCCC(O)C(CO)NC(=O)CC(CCCCCCCCCCCCCCCC)OC(=O)CCCCCCCCCCCCCCCC. The first-order chi connectivity index (χ1) is 30.5. The lowest BCUT2D eigenvalue weighted by Crippen LogP contribution is -2.46. The van der Waals surface area contributed by atoms with E-state index in [2.05, 4.69) is 26.1 Å². The highest BCUT2D eigenvalue weighted by atomic mass is 16.5. The summed E-state index contributed by atoms with van der Waals surface area (Å²) in [5.41, 5.74) is 0. The van der Waals surface area contributed by atoms with Crippen LogP contribution in [0.2, 0.25) is 0 Å². The van der Waals surface area contributed by atoms with Gasteiger partial charge < -0.3 is 20.3 Å². The monoisotopic (exact) mass is 878 g/mol. The molecule has 0 saturated carbocycles. The van der Waals surface area contributed by atoms with Crippen LogP contribution in [-0.4, -0.2) is 46.9 Å². The van der Waals surface area contributed by atoms with Gasteiger partial charge in [0.2, 0.25) is 5.91 Å². The fourth-order valence-corrected chi connectivity index (χ4v) is 9.14. The number of ether oxygens (including phenoxy) is 1. The lowest BCUT2D eigenvalue weighted by atomic mass is 10.0. The molecule has 0 saturated heterocycles. The Morgan fingerprint density at radius 1 is 0.403 bits per heavy atom. The minimum Gasteiger partial charge on any atom is -0.462 e. The largest absolute Gasteiger partial charge is 0.462 e. The molecule has 0 aliphatic heterocycles. The van der Waals surface area contributed by atoms with Crippen molar-refractivity contribution < 1.29 is 24.5 Å². The van der Waals surface area contributed by atoms with E-state index in [1.165, 1.54) is 238 Å². The Balaban J connectivity index is 4.48. The van der Waals surface area contributed by atoms with E-state index in [9.17, 15) is 19.8 Å². The van der Waals surface area contributed by atoms with Crippen molar-refractivity contribution in [3.8, 4) is 0 Å². The maximum atomic E-state index is 13.2. The number of carbonyl (C=O) groups excluding carboxylic acids is 2. The molecule has 0 aliphatic carbocycles. The second-order valence-corrected chi connectivity index (χ2v) is 19.7. The second kappa shape index (κ2) is 50.9. The highest BCUT2D eigenvalue weighted by Gasteiger charge is 2.24. The lowest BCUT2D eigenvalue weighted by Gasteiger charge is -2.24. The van der Waals surface area contributed by atoms with Crippen LogP contribution in [-0.2, 0) is 14.3 Å². The van der Waals surface area contributed by atoms with E-state index < -0.39 is 18.2 Å². The average Bonchev–Trinajstić information content (AvgIpc) is 3.26. The Morgan fingerprint density at radius 2 is 0.677 bits per heavy atom. The number of aliphatic hydroxyl groups excluding tert-OH is 2. The summed E-state index contributed by atoms with van der Waals surface area (Å²) in [6.07, 6.45) is 55.9. The smallest absolute Gasteiger partial charge is 0.306 e. The van der Waals surface area contributed by atoms with Crippen LogP contribution in [0.5, 0.6) is 0 Å². The summed E-state index contributed by atoms with van der Waals surface area (Å²) < 4.78 is 5.96. The molecular weight excluding hydrogens is 767 g/mol. The second-order valence-electron chi connectivity index (χ2n) is 19.7. The van der Waals surface area contributed by atoms with Crippen LogP contribution >= 0.6 is 0 Å². The molecule has 0 aromatic rings. The van der Waals surface area contributed by atoms with Gasteiger partial charge in [0.15, 0.2) is 0 Å². The Kier molecular flexibility index (Phi) is 49.9. The summed E-state index contributed by atoms with van der Waals surface area (Å²) in [6, 6.07) is -0.692. The minimum absolute atomic E-state index is 0.0884. The molecule has 370 valence electrons. The molecule has 0 rings (SSSR count). The number of rotatable bonds is 52. The maximum absolute atomic E-state index is 13.2. The van der Waals surface area contributed by atoms with Gasteiger partial charge in [-0.15, -0.1) is 0 Å². The standard InChI is InChI=1S/C56H111NO5/c1-4-7-10-13-16-19-22-25-28-30-33-36-39-42-45-48-54(59)53(51-58)57-55(60)50-52(47-44-41-38-35-32-29-26-23-20-17-14-11-8-5-2)62-56(61)49-46-43-40-37-34-31-27-24-21-18-15-12-9-6-3/h52-54,58-59H,4-51H2,1-3H3,(H,57,60). The van der Waals surface area contributed by atoms with Crippen molar-refractivity contribution in [2.24, 2.45) is 0 Å². The molecule has 62 heavy (non-hydrogen) atoms. The zero-order valence-corrected chi connectivity index (χ0v) is 42.3. The molecule has 3 unspecified atom stereocenters. The maximum Gasteiger partial charge on any atom is 0.306 e. The summed E-state index contributed by atoms with van der Waals surface area (Å²) >= 11 is 0. The van der Waals surface area contributed by atoms with Gasteiger partial charge in [0.1, 0.15) is 6.10 Å². The number of aliphatic hydroxyl groups is 2. The number of amides is 1. The van der Waals surface area contributed by atoms with Crippen LogP contribution in [0, 0.1) is 0 Å². The quantitative estimate of drug-likeness (QED) is 0.0418. The van der Waals surface area contributed by atoms with E-state index in [-0.39, 0.29) is 24.9 Å². The Morgan fingerprint density at radius 3 is 0.984 bits per heavy atom. The first-order valence-corrected chi connectivity index (χ1v) is 28.3. The Hall–Kier alpha value is -1.14. The van der Waals surface area contributed by atoms with Gasteiger partial charge in [0.05, 0.1) is 25.2 Å². The summed E-state index contributed by atoms with van der Waals surface area (Å²) in [5, 5.41) is 23.9. The van der Waals surface area contributed by atoms with Gasteiger partial charge in [0.25, 0.3) is 0 Å². The van der Waals surface area contributed by atoms with Gasteiger partial charge in [-0.05, 0) is 25.7 Å². The first-order valence-electron chi connectivity index (χ1n) is 28.3. The molecule has 1 amide bonds. The fourth-order valence-electron chi connectivity index (χ4n) is 9.14. The number of esters is 1. The third kappa shape index (κ3) is 45.4. The van der Waals surface area contributed by atoms with Crippen LogP contribution in [0.4, 0.5) is 0 Å². The molecule has 0 fully saturated rings. The van der Waals surface area contributed by atoms with E-state index in [0.29, 0.717) is 19.3 Å². The summed E-state index contributed by atoms with van der Waals surface area (Å²) in [6.45, 7) is 6.53. The van der Waals surface area contributed by atoms with Gasteiger partial charge in [-0.2, -0.15) is 0 Å². The molecule has 6 nitrogen and oxygen atoms in total. The molecule has 0 aromatic heterocycles. The van der Waals surface area contributed by atoms with E-state index >= 15 is 0 Å². The topological polar surface area (TPSA) is 95.9 Å². The normalized spacial score (nSPS) is 13.0. The highest BCUT2D eigenvalue weighted by molar-refractivity contribution is 5.77. The predicted molar refractivity (Wildman–Crippen MR) is 269 cm³/mol. The van der Waals surface area contributed by atoms with Crippen molar-refractivity contribution in [1.29, 1.82) is 0 Å². The molecule has 0 radical (unpaired) electrons. The van der Waals surface area contributed by atoms with Crippen molar-refractivity contribution in [3.05, 3.63) is 0 Å².